The highest BCUT2D eigenvalue weighted by Crippen LogP contribution is 2.29. The van der Waals surface area contributed by atoms with E-state index in [9.17, 15) is 5.11 Å². The van der Waals surface area contributed by atoms with Crippen molar-refractivity contribution in [1.29, 1.82) is 0 Å². The molecule has 0 unspecified atom stereocenters. The molecule has 2 rings (SSSR count). The molecule has 1 heterocycles. The summed E-state index contributed by atoms with van der Waals surface area (Å²) >= 11 is 0. The Morgan fingerprint density at radius 2 is 1.75 bits per heavy atom. The van der Waals surface area contributed by atoms with Crippen LogP contribution in [0.4, 0.5) is 0 Å². The minimum absolute atomic E-state index is 0.255. The van der Waals surface area contributed by atoms with Crippen LogP contribution in [0.5, 0.6) is 5.75 Å². The summed E-state index contributed by atoms with van der Waals surface area (Å²) in [7, 11) is 0. The quantitative estimate of drug-likeness (QED) is 0.712. The Hall–Kier alpha value is -1.84. The van der Waals surface area contributed by atoms with E-state index in [1.165, 1.54) is 32.1 Å². The van der Waals surface area contributed by atoms with E-state index in [0.717, 1.165) is 29.8 Å². The number of nitrogens with one attached hydrogen (secondary N) is 1. The molecule has 0 saturated carbocycles. The third-order valence-electron chi connectivity index (χ3n) is 3.55. The second-order valence-corrected chi connectivity index (χ2v) is 5.15. The first-order valence-electron chi connectivity index (χ1n) is 7.51. The molecule has 4 heteroatoms. The van der Waals surface area contributed by atoms with Crippen molar-refractivity contribution >= 4 is 0 Å². The highest BCUT2D eigenvalue weighted by atomic mass is 16.3. The molecule has 4 nitrogen and oxygen atoms in total. The molecular weight excluding hydrogens is 250 g/mol. The number of rotatable bonds is 8. The van der Waals surface area contributed by atoms with Crippen molar-refractivity contribution in [3.8, 4) is 17.0 Å². The van der Waals surface area contributed by atoms with Gasteiger partial charge < -0.3 is 5.11 Å². The number of aromatic amines is 1. The molecular formula is C16H23N3O. The molecule has 2 N–H and O–H groups in total. The summed E-state index contributed by atoms with van der Waals surface area (Å²) in [5, 5.41) is 21.0. The molecule has 2 aromatic rings. The number of benzene rings is 1. The Morgan fingerprint density at radius 1 is 1.00 bits per heavy atom. The van der Waals surface area contributed by atoms with Crippen LogP contribution in [0.15, 0.2) is 24.3 Å². The van der Waals surface area contributed by atoms with Crippen LogP contribution in [0.1, 0.15) is 51.1 Å². The number of phenolic OH excluding ortho intramolecular Hbond substituents is 1. The summed E-state index contributed by atoms with van der Waals surface area (Å²) < 4.78 is 0. The third kappa shape index (κ3) is 3.83. The molecule has 1 aromatic carbocycles. The van der Waals surface area contributed by atoms with E-state index in [2.05, 4.69) is 22.3 Å². The number of aryl methyl sites for hydroxylation is 1. The topological polar surface area (TPSA) is 61.8 Å². The van der Waals surface area contributed by atoms with Gasteiger partial charge in [0.1, 0.15) is 11.4 Å². The van der Waals surface area contributed by atoms with Crippen molar-refractivity contribution in [3.63, 3.8) is 0 Å². The molecule has 0 fully saturated rings. The molecule has 20 heavy (non-hydrogen) atoms. The molecule has 108 valence electrons. The lowest BCUT2D eigenvalue weighted by Gasteiger charge is -2.03. The van der Waals surface area contributed by atoms with Crippen molar-refractivity contribution in [1.82, 2.24) is 15.4 Å². The standard InChI is InChI=1S/C16H23N3O/c1-2-3-4-5-6-7-11-14-16(18-19-17-14)13-10-8-9-12-15(13)20/h8-10,12,20H,2-7,11H2,1H3,(H,17,18,19). The Kier molecular flexibility index (Phi) is 5.59. The van der Waals surface area contributed by atoms with Gasteiger partial charge >= 0.3 is 0 Å². The summed E-state index contributed by atoms with van der Waals surface area (Å²) in [5.74, 6) is 0.255. The number of nitrogens with zero attached hydrogens (tertiary/aromatic N) is 2. The monoisotopic (exact) mass is 273 g/mol. The van der Waals surface area contributed by atoms with Gasteiger partial charge in [-0.15, -0.1) is 0 Å². The predicted octanol–water partition coefficient (Wildman–Crippen LogP) is 4.08. The van der Waals surface area contributed by atoms with Gasteiger partial charge in [0.15, 0.2) is 0 Å². The fourth-order valence-electron chi connectivity index (χ4n) is 2.39. The smallest absolute Gasteiger partial charge is 0.125 e. The van der Waals surface area contributed by atoms with Crippen LogP contribution in [-0.4, -0.2) is 20.5 Å². The van der Waals surface area contributed by atoms with Gasteiger partial charge in [0, 0.05) is 5.56 Å². The lowest BCUT2D eigenvalue weighted by atomic mass is 10.0. The number of aromatic hydroxyl groups is 1. The van der Waals surface area contributed by atoms with E-state index in [1.54, 1.807) is 6.07 Å². The van der Waals surface area contributed by atoms with Crippen LogP contribution in [0, 0.1) is 0 Å². The Balaban J connectivity index is 1.91. The zero-order valence-electron chi connectivity index (χ0n) is 12.1. The van der Waals surface area contributed by atoms with Crippen LogP contribution in [-0.2, 0) is 6.42 Å². The van der Waals surface area contributed by atoms with Crippen LogP contribution < -0.4 is 0 Å². The third-order valence-corrected chi connectivity index (χ3v) is 3.55. The lowest BCUT2D eigenvalue weighted by Crippen LogP contribution is -1.91. The second kappa shape index (κ2) is 7.68. The van der Waals surface area contributed by atoms with E-state index in [0.29, 0.717) is 0 Å². The van der Waals surface area contributed by atoms with Crippen molar-refractivity contribution in [2.75, 3.05) is 0 Å². The molecule has 0 amide bonds. The summed E-state index contributed by atoms with van der Waals surface area (Å²) in [5.41, 5.74) is 2.47. The van der Waals surface area contributed by atoms with Crippen molar-refractivity contribution < 1.29 is 5.11 Å². The fourth-order valence-corrected chi connectivity index (χ4v) is 2.39. The minimum Gasteiger partial charge on any atom is -0.507 e. The highest BCUT2D eigenvalue weighted by molar-refractivity contribution is 5.68. The van der Waals surface area contributed by atoms with Gasteiger partial charge in [0.05, 0.1) is 5.69 Å². The zero-order valence-corrected chi connectivity index (χ0v) is 12.1. The SMILES string of the molecule is CCCCCCCCc1n[nH]nc1-c1ccccc1O. The molecule has 0 atom stereocenters. The van der Waals surface area contributed by atoms with Crippen LogP contribution in [0.25, 0.3) is 11.3 Å². The van der Waals surface area contributed by atoms with Crippen LogP contribution >= 0.6 is 0 Å². The maximum absolute atomic E-state index is 9.89. The number of para-hydroxylation sites is 1. The first kappa shape index (κ1) is 14.6. The van der Waals surface area contributed by atoms with E-state index in [-0.39, 0.29) is 5.75 Å². The molecule has 1 aromatic heterocycles. The average molecular weight is 273 g/mol. The summed E-state index contributed by atoms with van der Waals surface area (Å²) in [4.78, 5) is 0. The normalized spacial score (nSPS) is 10.8. The fraction of sp³-hybridized carbons (Fsp3) is 0.500. The number of aromatic nitrogens is 3. The van der Waals surface area contributed by atoms with E-state index in [4.69, 9.17) is 0 Å². The summed E-state index contributed by atoms with van der Waals surface area (Å²) in [6.45, 7) is 2.23. The second-order valence-electron chi connectivity index (χ2n) is 5.15. The maximum atomic E-state index is 9.89. The van der Waals surface area contributed by atoms with Crippen molar-refractivity contribution in [3.05, 3.63) is 30.0 Å². The number of hydrogen-bond donors (Lipinski definition) is 2. The summed E-state index contributed by atoms with van der Waals surface area (Å²) in [6.07, 6.45) is 8.48. The lowest BCUT2D eigenvalue weighted by molar-refractivity contribution is 0.477. The Morgan fingerprint density at radius 3 is 2.55 bits per heavy atom. The first-order chi connectivity index (χ1) is 9.83. The first-order valence-corrected chi connectivity index (χ1v) is 7.51. The van der Waals surface area contributed by atoms with E-state index in [1.807, 2.05) is 18.2 Å². The number of H-pyrrole nitrogens is 1. The van der Waals surface area contributed by atoms with Gasteiger partial charge in [-0.3, -0.25) is 0 Å². The zero-order chi connectivity index (χ0) is 14.2. The van der Waals surface area contributed by atoms with Crippen molar-refractivity contribution in [2.24, 2.45) is 0 Å². The Bertz CT molecular complexity index is 522. The van der Waals surface area contributed by atoms with Crippen molar-refractivity contribution in [2.45, 2.75) is 51.9 Å². The molecule has 0 aliphatic rings. The molecule has 0 spiro atoms. The van der Waals surface area contributed by atoms with Gasteiger partial charge in [-0.05, 0) is 25.0 Å². The minimum atomic E-state index is 0.255. The molecule has 0 bridgehead atoms. The van der Waals surface area contributed by atoms with Crippen LogP contribution in [0.2, 0.25) is 0 Å². The molecule has 0 aliphatic carbocycles. The van der Waals surface area contributed by atoms with E-state index >= 15 is 0 Å². The van der Waals surface area contributed by atoms with Gasteiger partial charge in [-0.2, -0.15) is 15.4 Å². The highest BCUT2D eigenvalue weighted by Gasteiger charge is 2.12. The van der Waals surface area contributed by atoms with E-state index < -0.39 is 0 Å². The Labute approximate surface area is 120 Å². The average Bonchev–Trinajstić information content (AvgIpc) is 2.91. The largest absolute Gasteiger partial charge is 0.507 e. The summed E-state index contributed by atoms with van der Waals surface area (Å²) in [6, 6.07) is 7.26. The number of unbranched alkanes of at least 4 members (excludes halogenated alkanes) is 5. The predicted molar refractivity (Wildman–Crippen MR) is 80.6 cm³/mol. The maximum Gasteiger partial charge on any atom is 0.125 e. The molecule has 0 aliphatic heterocycles. The molecule has 0 radical (unpaired) electrons. The van der Waals surface area contributed by atoms with Gasteiger partial charge in [-0.1, -0.05) is 51.2 Å². The van der Waals surface area contributed by atoms with Gasteiger partial charge in [0.25, 0.3) is 0 Å². The number of phenols is 1. The van der Waals surface area contributed by atoms with Gasteiger partial charge in [0.2, 0.25) is 0 Å². The van der Waals surface area contributed by atoms with Crippen LogP contribution in [0.3, 0.4) is 0 Å². The molecule has 0 saturated heterocycles. The number of hydrogen-bond acceptors (Lipinski definition) is 3. The van der Waals surface area contributed by atoms with Gasteiger partial charge in [-0.25, -0.2) is 0 Å².